The highest BCUT2D eigenvalue weighted by Crippen LogP contribution is 2.29. The maximum Gasteiger partial charge on any atom is 0.283 e. The van der Waals surface area contributed by atoms with Gasteiger partial charge in [-0.05, 0) is 50.1 Å². The molecule has 4 nitrogen and oxygen atoms in total. The van der Waals surface area contributed by atoms with Crippen LogP contribution in [0.3, 0.4) is 0 Å². The van der Waals surface area contributed by atoms with E-state index in [1.54, 1.807) is 24.3 Å². The third kappa shape index (κ3) is 4.43. The van der Waals surface area contributed by atoms with E-state index in [0.29, 0.717) is 11.5 Å². The van der Waals surface area contributed by atoms with Crippen molar-refractivity contribution in [2.24, 2.45) is 10.3 Å². The summed E-state index contributed by atoms with van der Waals surface area (Å²) in [6.07, 6.45) is 3.79. The molecule has 1 fully saturated rings. The second-order valence-electron chi connectivity index (χ2n) is 6.50. The molecule has 26 heavy (non-hydrogen) atoms. The standard InChI is InChI=1S/C19H20ClFN2O2S/c1-13-6-9-16(10-7-13)26(24,25)23-19(14-4-2-3-5-14)22-15-8-11-18(21)17(20)12-15/h6-12,14H,2-5H2,1H3,(H,22,23). The van der Waals surface area contributed by atoms with E-state index in [4.69, 9.17) is 11.6 Å². The molecule has 0 bridgehead atoms. The molecule has 138 valence electrons. The monoisotopic (exact) mass is 394 g/mol. The Morgan fingerprint density at radius 2 is 1.81 bits per heavy atom. The van der Waals surface area contributed by atoms with Gasteiger partial charge < -0.3 is 5.32 Å². The van der Waals surface area contributed by atoms with Crippen LogP contribution in [0.15, 0.2) is 51.8 Å². The molecule has 0 radical (unpaired) electrons. The molecule has 2 aromatic rings. The first-order valence-electron chi connectivity index (χ1n) is 8.49. The Kier molecular flexibility index (Phi) is 5.63. The fourth-order valence-electron chi connectivity index (χ4n) is 3.01. The predicted octanol–water partition coefficient (Wildman–Crippen LogP) is 5.18. The van der Waals surface area contributed by atoms with E-state index in [-0.39, 0.29) is 15.8 Å². The molecule has 0 aromatic heterocycles. The van der Waals surface area contributed by atoms with Crippen molar-refractivity contribution in [1.82, 2.24) is 0 Å². The van der Waals surface area contributed by atoms with Gasteiger partial charge in [-0.1, -0.05) is 42.1 Å². The Morgan fingerprint density at radius 1 is 1.15 bits per heavy atom. The van der Waals surface area contributed by atoms with Crippen LogP contribution >= 0.6 is 11.6 Å². The summed E-state index contributed by atoms with van der Waals surface area (Å²) < 4.78 is 42.9. The molecule has 0 atom stereocenters. The van der Waals surface area contributed by atoms with Gasteiger partial charge in [0.05, 0.1) is 9.92 Å². The third-order valence-electron chi connectivity index (χ3n) is 4.47. The predicted molar refractivity (Wildman–Crippen MR) is 103 cm³/mol. The number of anilines is 1. The maximum absolute atomic E-state index is 13.4. The van der Waals surface area contributed by atoms with E-state index in [1.807, 2.05) is 6.92 Å². The molecule has 0 amide bonds. The third-order valence-corrected chi connectivity index (χ3v) is 6.07. The van der Waals surface area contributed by atoms with Crippen molar-refractivity contribution >= 4 is 33.1 Å². The number of benzene rings is 2. The molecular weight excluding hydrogens is 375 g/mol. The molecule has 3 rings (SSSR count). The van der Waals surface area contributed by atoms with Crippen LogP contribution in [-0.4, -0.2) is 14.3 Å². The lowest BCUT2D eigenvalue weighted by molar-refractivity contribution is 0.597. The highest BCUT2D eigenvalue weighted by atomic mass is 35.5. The van der Waals surface area contributed by atoms with Gasteiger partial charge >= 0.3 is 0 Å². The Labute approximate surface area is 158 Å². The number of hydrogen-bond donors (Lipinski definition) is 1. The Hall–Kier alpha value is -1.92. The van der Waals surface area contributed by atoms with Crippen molar-refractivity contribution in [2.45, 2.75) is 37.5 Å². The van der Waals surface area contributed by atoms with Gasteiger partial charge in [0.1, 0.15) is 11.7 Å². The Morgan fingerprint density at radius 3 is 2.42 bits per heavy atom. The molecule has 7 heteroatoms. The summed E-state index contributed by atoms with van der Waals surface area (Å²) in [4.78, 5) is 0.150. The minimum Gasteiger partial charge on any atom is -0.343 e. The average molecular weight is 395 g/mol. The van der Waals surface area contributed by atoms with E-state index in [0.717, 1.165) is 31.2 Å². The lowest BCUT2D eigenvalue weighted by atomic mass is 10.1. The van der Waals surface area contributed by atoms with E-state index in [1.165, 1.54) is 18.2 Å². The van der Waals surface area contributed by atoms with E-state index >= 15 is 0 Å². The molecule has 0 unspecified atom stereocenters. The summed E-state index contributed by atoms with van der Waals surface area (Å²) in [5, 5.41) is 3.02. The summed E-state index contributed by atoms with van der Waals surface area (Å²) in [5.74, 6) is -0.117. The summed E-state index contributed by atoms with van der Waals surface area (Å²) in [7, 11) is -3.83. The van der Waals surface area contributed by atoms with Gasteiger partial charge in [-0.3, -0.25) is 0 Å². The zero-order chi connectivity index (χ0) is 18.7. The molecular formula is C19H20ClFN2O2S. The molecule has 1 aliphatic rings. The van der Waals surface area contributed by atoms with Gasteiger partial charge in [0.15, 0.2) is 0 Å². The highest BCUT2D eigenvalue weighted by molar-refractivity contribution is 7.90. The van der Waals surface area contributed by atoms with E-state index in [2.05, 4.69) is 9.71 Å². The van der Waals surface area contributed by atoms with Crippen molar-refractivity contribution in [3.8, 4) is 0 Å². The van der Waals surface area contributed by atoms with Crippen LogP contribution in [-0.2, 0) is 10.0 Å². The SMILES string of the molecule is Cc1ccc(S(=O)(=O)/N=C(/Nc2ccc(F)c(Cl)c2)C2CCCC2)cc1. The lowest BCUT2D eigenvalue weighted by Gasteiger charge is -2.16. The average Bonchev–Trinajstić information content (AvgIpc) is 3.12. The van der Waals surface area contributed by atoms with Crippen LogP contribution < -0.4 is 5.32 Å². The summed E-state index contributed by atoms with van der Waals surface area (Å²) in [6.45, 7) is 1.89. The van der Waals surface area contributed by atoms with Gasteiger partial charge in [-0.15, -0.1) is 4.40 Å². The van der Waals surface area contributed by atoms with E-state index < -0.39 is 15.8 Å². The van der Waals surface area contributed by atoms with Gasteiger partial charge in [0, 0.05) is 11.6 Å². The quantitative estimate of drug-likeness (QED) is 0.574. The number of hydrogen-bond acceptors (Lipinski definition) is 2. The fraction of sp³-hybridized carbons (Fsp3) is 0.316. The first-order chi connectivity index (χ1) is 12.3. The molecule has 0 saturated heterocycles. The first-order valence-corrected chi connectivity index (χ1v) is 10.3. The van der Waals surface area contributed by atoms with Crippen molar-refractivity contribution in [3.05, 3.63) is 58.9 Å². The van der Waals surface area contributed by atoms with Crippen molar-refractivity contribution in [2.75, 3.05) is 5.32 Å². The number of nitrogens with zero attached hydrogens (tertiary/aromatic N) is 1. The number of sulfonamides is 1. The molecule has 2 aromatic carbocycles. The topological polar surface area (TPSA) is 58.5 Å². The van der Waals surface area contributed by atoms with Crippen LogP contribution in [0.2, 0.25) is 5.02 Å². The van der Waals surface area contributed by atoms with Crippen molar-refractivity contribution in [1.29, 1.82) is 0 Å². The summed E-state index contributed by atoms with van der Waals surface area (Å²) in [5.41, 5.74) is 1.49. The van der Waals surface area contributed by atoms with Gasteiger partial charge in [-0.2, -0.15) is 8.42 Å². The molecule has 1 N–H and O–H groups in total. The number of aryl methyl sites for hydroxylation is 1. The fourth-order valence-corrected chi connectivity index (χ4v) is 4.23. The number of rotatable bonds is 4. The number of amidine groups is 1. The van der Waals surface area contributed by atoms with Crippen LogP contribution in [0.5, 0.6) is 0 Å². The Bertz CT molecular complexity index is 921. The minimum atomic E-state index is -3.83. The zero-order valence-corrected chi connectivity index (χ0v) is 15.9. The van der Waals surface area contributed by atoms with Crippen LogP contribution in [0, 0.1) is 18.7 Å². The zero-order valence-electron chi connectivity index (χ0n) is 14.4. The largest absolute Gasteiger partial charge is 0.343 e. The Balaban J connectivity index is 1.95. The van der Waals surface area contributed by atoms with Crippen molar-refractivity contribution < 1.29 is 12.8 Å². The summed E-state index contributed by atoms with van der Waals surface area (Å²) in [6, 6.07) is 10.8. The highest BCUT2D eigenvalue weighted by Gasteiger charge is 2.24. The molecule has 1 aliphatic carbocycles. The van der Waals surface area contributed by atoms with Crippen LogP contribution in [0.25, 0.3) is 0 Å². The van der Waals surface area contributed by atoms with Gasteiger partial charge in [0.2, 0.25) is 0 Å². The molecule has 0 spiro atoms. The molecule has 0 heterocycles. The van der Waals surface area contributed by atoms with E-state index in [9.17, 15) is 12.8 Å². The first kappa shape index (κ1) is 18.9. The van der Waals surface area contributed by atoms with Gasteiger partial charge in [0.25, 0.3) is 10.0 Å². The maximum atomic E-state index is 13.4. The second kappa shape index (κ2) is 7.76. The number of halogens is 2. The smallest absolute Gasteiger partial charge is 0.283 e. The minimum absolute atomic E-state index is 0.0258. The van der Waals surface area contributed by atoms with Crippen LogP contribution in [0.4, 0.5) is 10.1 Å². The second-order valence-corrected chi connectivity index (χ2v) is 8.51. The summed E-state index contributed by atoms with van der Waals surface area (Å²) >= 11 is 5.83. The van der Waals surface area contributed by atoms with Gasteiger partial charge in [-0.25, -0.2) is 4.39 Å². The molecule has 1 saturated carbocycles. The normalized spacial score (nSPS) is 16.0. The van der Waals surface area contributed by atoms with Crippen LogP contribution in [0.1, 0.15) is 31.2 Å². The lowest BCUT2D eigenvalue weighted by Crippen LogP contribution is -2.23. The van der Waals surface area contributed by atoms with Crippen molar-refractivity contribution in [3.63, 3.8) is 0 Å². The number of nitrogens with one attached hydrogen (secondary N) is 1. The molecule has 0 aliphatic heterocycles.